The van der Waals surface area contributed by atoms with Gasteiger partial charge in [0.15, 0.2) is 0 Å². The first-order valence-electron chi connectivity index (χ1n) is 5.32. The van der Waals surface area contributed by atoms with Gasteiger partial charge in [-0.1, -0.05) is 0 Å². The quantitative estimate of drug-likeness (QED) is 0.859. The van der Waals surface area contributed by atoms with Crippen molar-refractivity contribution in [1.29, 1.82) is 0 Å². The number of carboxylic acid groups (broad SMARTS) is 1. The predicted octanol–water partition coefficient (Wildman–Crippen LogP) is 1.09. The molecule has 2 rings (SSSR count). The van der Waals surface area contributed by atoms with Gasteiger partial charge in [-0.25, -0.2) is 9.78 Å². The molecule has 0 aliphatic heterocycles. The average molecular weight is 234 g/mol. The first kappa shape index (κ1) is 11.4. The smallest absolute Gasteiger partial charge is 0.339 e. The SMILES string of the molecule is Cc1nn(CCn2ccnc2)c(C)c1C(=O)O. The molecule has 0 radical (unpaired) electrons. The Morgan fingerprint density at radius 3 is 2.71 bits per heavy atom. The van der Waals surface area contributed by atoms with Crippen molar-refractivity contribution < 1.29 is 9.90 Å². The first-order valence-corrected chi connectivity index (χ1v) is 5.32. The highest BCUT2D eigenvalue weighted by Crippen LogP contribution is 2.12. The van der Waals surface area contributed by atoms with Gasteiger partial charge in [-0.2, -0.15) is 5.10 Å². The summed E-state index contributed by atoms with van der Waals surface area (Å²) in [6.07, 6.45) is 5.30. The van der Waals surface area contributed by atoms with Crippen molar-refractivity contribution in [1.82, 2.24) is 19.3 Å². The van der Waals surface area contributed by atoms with Gasteiger partial charge >= 0.3 is 5.97 Å². The number of imidazole rings is 1. The Morgan fingerprint density at radius 1 is 1.41 bits per heavy atom. The van der Waals surface area contributed by atoms with E-state index >= 15 is 0 Å². The van der Waals surface area contributed by atoms with Crippen LogP contribution in [0.5, 0.6) is 0 Å². The van der Waals surface area contributed by atoms with Crippen LogP contribution >= 0.6 is 0 Å². The van der Waals surface area contributed by atoms with E-state index < -0.39 is 5.97 Å². The summed E-state index contributed by atoms with van der Waals surface area (Å²) in [5, 5.41) is 13.3. The van der Waals surface area contributed by atoms with Gasteiger partial charge in [0, 0.05) is 18.9 Å². The lowest BCUT2D eigenvalue weighted by atomic mass is 10.2. The van der Waals surface area contributed by atoms with Gasteiger partial charge in [-0.15, -0.1) is 0 Å². The third kappa shape index (κ3) is 2.20. The van der Waals surface area contributed by atoms with Gasteiger partial charge in [0.1, 0.15) is 5.56 Å². The van der Waals surface area contributed by atoms with E-state index in [1.54, 1.807) is 31.1 Å². The van der Waals surface area contributed by atoms with Crippen LogP contribution in [0.1, 0.15) is 21.7 Å². The van der Waals surface area contributed by atoms with E-state index in [1.807, 2.05) is 10.8 Å². The van der Waals surface area contributed by atoms with E-state index in [0.29, 0.717) is 23.5 Å². The molecule has 90 valence electrons. The Labute approximate surface area is 98.5 Å². The van der Waals surface area contributed by atoms with E-state index in [4.69, 9.17) is 5.11 Å². The summed E-state index contributed by atoms with van der Waals surface area (Å²) in [6.45, 7) is 4.85. The summed E-state index contributed by atoms with van der Waals surface area (Å²) in [4.78, 5) is 15.0. The molecule has 6 heteroatoms. The first-order chi connectivity index (χ1) is 8.09. The van der Waals surface area contributed by atoms with Crippen LogP contribution in [0.4, 0.5) is 0 Å². The number of hydrogen-bond donors (Lipinski definition) is 1. The predicted molar refractivity (Wildman–Crippen MR) is 60.9 cm³/mol. The molecule has 0 spiro atoms. The van der Waals surface area contributed by atoms with Crippen LogP contribution in [-0.2, 0) is 13.1 Å². The van der Waals surface area contributed by atoms with Crippen molar-refractivity contribution in [3.63, 3.8) is 0 Å². The molecule has 0 saturated heterocycles. The van der Waals surface area contributed by atoms with Crippen molar-refractivity contribution in [3.05, 3.63) is 35.7 Å². The van der Waals surface area contributed by atoms with Gasteiger partial charge in [-0.05, 0) is 13.8 Å². The second kappa shape index (κ2) is 4.40. The lowest BCUT2D eigenvalue weighted by Crippen LogP contribution is -2.09. The molecule has 2 aromatic rings. The highest BCUT2D eigenvalue weighted by atomic mass is 16.4. The van der Waals surface area contributed by atoms with Gasteiger partial charge in [0.05, 0.1) is 24.3 Å². The number of carbonyl (C=O) groups is 1. The number of carboxylic acids is 1. The minimum absolute atomic E-state index is 0.302. The highest BCUT2D eigenvalue weighted by Gasteiger charge is 2.17. The van der Waals surface area contributed by atoms with Crippen molar-refractivity contribution in [2.45, 2.75) is 26.9 Å². The second-order valence-electron chi connectivity index (χ2n) is 3.87. The Morgan fingerprint density at radius 2 is 2.18 bits per heavy atom. The van der Waals surface area contributed by atoms with Crippen LogP contribution < -0.4 is 0 Å². The maximum absolute atomic E-state index is 11.0. The van der Waals surface area contributed by atoms with Crippen LogP contribution in [0.2, 0.25) is 0 Å². The van der Waals surface area contributed by atoms with Gasteiger partial charge in [0.2, 0.25) is 0 Å². The molecule has 0 amide bonds. The van der Waals surface area contributed by atoms with E-state index in [0.717, 1.165) is 6.54 Å². The van der Waals surface area contributed by atoms with Crippen LogP contribution in [0.3, 0.4) is 0 Å². The Kier molecular flexibility index (Phi) is 2.95. The lowest BCUT2D eigenvalue weighted by Gasteiger charge is -2.05. The van der Waals surface area contributed by atoms with E-state index in [9.17, 15) is 4.79 Å². The Hall–Kier alpha value is -2.11. The zero-order valence-electron chi connectivity index (χ0n) is 9.79. The van der Waals surface area contributed by atoms with Crippen molar-refractivity contribution in [3.8, 4) is 0 Å². The lowest BCUT2D eigenvalue weighted by molar-refractivity contribution is 0.0695. The molecule has 0 saturated carbocycles. The molecule has 2 heterocycles. The maximum atomic E-state index is 11.0. The molecular weight excluding hydrogens is 220 g/mol. The molecule has 0 aliphatic carbocycles. The molecule has 0 aromatic carbocycles. The topological polar surface area (TPSA) is 72.9 Å². The third-order valence-electron chi connectivity index (χ3n) is 2.72. The van der Waals surface area contributed by atoms with Gasteiger partial charge in [0.25, 0.3) is 0 Å². The summed E-state index contributed by atoms with van der Waals surface area (Å²) in [7, 11) is 0. The molecule has 0 fully saturated rings. The molecular formula is C11H14N4O2. The van der Waals surface area contributed by atoms with E-state index in [1.165, 1.54) is 0 Å². The van der Waals surface area contributed by atoms with Crippen molar-refractivity contribution in [2.24, 2.45) is 0 Å². The number of hydrogen-bond acceptors (Lipinski definition) is 3. The largest absolute Gasteiger partial charge is 0.478 e. The van der Waals surface area contributed by atoms with E-state index in [2.05, 4.69) is 10.1 Å². The fourth-order valence-corrected chi connectivity index (χ4v) is 1.85. The fraction of sp³-hybridized carbons (Fsp3) is 0.364. The van der Waals surface area contributed by atoms with Crippen molar-refractivity contribution >= 4 is 5.97 Å². The number of aromatic carboxylic acids is 1. The minimum atomic E-state index is -0.922. The maximum Gasteiger partial charge on any atom is 0.339 e. The van der Waals surface area contributed by atoms with Crippen LogP contribution in [-0.4, -0.2) is 30.4 Å². The number of aromatic nitrogens is 4. The molecule has 0 atom stereocenters. The number of rotatable bonds is 4. The highest BCUT2D eigenvalue weighted by molar-refractivity contribution is 5.90. The zero-order valence-corrected chi connectivity index (χ0v) is 9.79. The van der Waals surface area contributed by atoms with Crippen LogP contribution in [0, 0.1) is 13.8 Å². The number of nitrogens with zero attached hydrogens (tertiary/aromatic N) is 4. The number of aryl methyl sites for hydroxylation is 3. The molecule has 6 nitrogen and oxygen atoms in total. The van der Waals surface area contributed by atoms with E-state index in [-0.39, 0.29) is 0 Å². The molecule has 0 unspecified atom stereocenters. The Balaban J connectivity index is 2.17. The minimum Gasteiger partial charge on any atom is -0.478 e. The monoisotopic (exact) mass is 234 g/mol. The third-order valence-corrected chi connectivity index (χ3v) is 2.72. The summed E-state index contributed by atoms with van der Waals surface area (Å²) < 4.78 is 3.65. The van der Waals surface area contributed by atoms with Gasteiger partial charge in [-0.3, -0.25) is 4.68 Å². The molecule has 2 aromatic heterocycles. The second-order valence-corrected chi connectivity index (χ2v) is 3.87. The summed E-state index contributed by atoms with van der Waals surface area (Å²) in [5.74, 6) is -0.922. The molecule has 1 N–H and O–H groups in total. The average Bonchev–Trinajstić information content (AvgIpc) is 2.84. The van der Waals surface area contributed by atoms with Crippen molar-refractivity contribution in [2.75, 3.05) is 0 Å². The molecule has 0 bridgehead atoms. The van der Waals surface area contributed by atoms with Crippen LogP contribution in [0.25, 0.3) is 0 Å². The zero-order chi connectivity index (χ0) is 12.4. The standard InChI is InChI=1S/C11H14N4O2/c1-8-10(11(16)17)9(2)15(13-8)6-5-14-4-3-12-7-14/h3-4,7H,5-6H2,1-2H3,(H,16,17). The normalized spacial score (nSPS) is 10.7. The van der Waals surface area contributed by atoms with Crippen LogP contribution in [0.15, 0.2) is 18.7 Å². The molecule has 17 heavy (non-hydrogen) atoms. The fourth-order valence-electron chi connectivity index (χ4n) is 1.85. The molecule has 0 aliphatic rings. The summed E-state index contributed by atoms with van der Waals surface area (Å²) in [5.41, 5.74) is 1.55. The Bertz CT molecular complexity index is 528. The summed E-state index contributed by atoms with van der Waals surface area (Å²) in [6, 6.07) is 0. The van der Waals surface area contributed by atoms with Gasteiger partial charge < -0.3 is 9.67 Å². The summed E-state index contributed by atoms with van der Waals surface area (Å²) >= 11 is 0.